The van der Waals surface area contributed by atoms with Gasteiger partial charge in [-0.1, -0.05) is 47.5 Å². The highest BCUT2D eigenvalue weighted by molar-refractivity contribution is 6.33. The number of ether oxygens (including phenoxy) is 3. The summed E-state index contributed by atoms with van der Waals surface area (Å²) in [6.45, 7) is 7.28. The number of benzene rings is 3. The van der Waals surface area contributed by atoms with Crippen molar-refractivity contribution in [2.24, 2.45) is 0 Å². The highest BCUT2D eigenvalue weighted by Gasteiger charge is 2.29. The molecular weight excluding hydrogens is 655 g/mol. The van der Waals surface area contributed by atoms with Gasteiger partial charge in [0.2, 0.25) is 17.7 Å². The van der Waals surface area contributed by atoms with Crippen LogP contribution < -0.4 is 14.2 Å². The number of halogens is 2. The Balaban J connectivity index is 1.39. The van der Waals surface area contributed by atoms with Gasteiger partial charge in [-0.2, -0.15) is 0 Å². The zero-order valence-electron chi connectivity index (χ0n) is 26.9. The highest BCUT2D eigenvalue weighted by Crippen LogP contribution is 2.47. The molecule has 3 heterocycles. The molecule has 1 atom stereocenters. The van der Waals surface area contributed by atoms with E-state index in [0.29, 0.717) is 50.4 Å². The van der Waals surface area contributed by atoms with E-state index in [1.807, 2.05) is 43.3 Å². The lowest BCUT2D eigenvalue weighted by Crippen LogP contribution is -2.45. The van der Waals surface area contributed by atoms with Crippen molar-refractivity contribution in [3.63, 3.8) is 0 Å². The highest BCUT2D eigenvalue weighted by atomic mass is 35.5. The average molecular weight is 692 g/mol. The van der Waals surface area contributed by atoms with E-state index >= 15 is 0 Å². The number of nitrogens with zero attached hydrogens (tertiary/aromatic N) is 4. The normalized spacial score (nSPS) is 14.6. The van der Waals surface area contributed by atoms with E-state index in [4.69, 9.17) is 41.8 Å². The van der Waals surface area contributed by atoms with Crippen LogP contribution in [0.15, 0.2) is 71.4 Å². The maximum Gasteiger partial charge on any atom is 0.345 e. The van der Waals surface area contributed by atoms with E-state index < -0.39 is 12.1 Å². The SMILES string of the molecule is COc1ccccc1C[C@@H](Oc1ncnc2oc(-c3ccc(Cl)cc3)c(-c3ccc(OCCN4CCN(C)CC4)c(Cl)c3C)c12)C(=O)O. The molecule has 0 aliphatic carbocycles. The first kappa shape index (κ1) is 33.5. The molecule has 12 heteroatoms. The minimum atomic E-state index is -1.29. The lowest BCUT2D eigenvalue weighted by Gasteiger charge is -2.32. The average Bonchev–Trinajstić information content (AvgIpc) is 3.48. The fourth-order valence-electron chi connectivity index (χ4n) is 5.84. The van der Waals surface area contributed by atoms with Gasteiger partial charge in [0.1, 0.15) is 35.6 Å². The molecule has 5 aromatic rings. The van der Waals surface area contributed by atoms with Crippen molar-refractivity contribution < 1.29 is 28.5 Å². The Hall–Kier alpha value is -4.35. The van der Waals surface area contributed by atoms with E-state index in [0.717, 1.165) is 49.4 Å². The summed E-state index contributed by atoms with van der Waals surface area (Å²) in [5.41, 5.74) is 3.71. The second kappa shape index (κ2) is 14.8. The fraction of sp³-hybridized carbons (Fsp3) is 0.306. The number of hydrogen-bond donors (Lipinski definition) is 1. The van der Waals surface area contributed by atoms with Gasteiger partial charge in [-0.05, 0) is 67.1 Å². The van der Waals surface area contributed by atoms with Gasteiger partial charge in [-0.3, -0.25) is 4.90 Å². The number of para-hydroxylation sites is 1. The van der Waals surface area contributed by atoms with Crippen molar-refractivity contribution in [3.8, 4) is 39.8 Å². The lowest BCUT2D eigenvalue weighted by atomic mass is 9.95. The van der Waals surface area contributed by atoms with Gasteiger partial charge >= 0.3 is 5.97 Å². The van der Waals surface area contributed by atoms with Gasteiger partial charge < -0.3 is 28.6 Å². The molecule has 3 aromatic carbocycles. The third-order valence-corrected chi connectivity index (χ3v) is 9.29. The molecule has 1 fully saturated rings. The second-order valence-corrected chi connectivity index (χ2v) is 12.5. The number of hydrogen-bond acceptors (Lipinski definition) is 9. The van der Waals surface area contributed by atoms with Crippen LogP contribution >= 0.6 is 23.2 Å². The molecule has 0 saturated carbocycles. The van der Waals surface area contributed by atoms with E-state index in [1.54, 1.807) is 24.3 Å². The fourth-order valence-corrected chi connectivity index (χ4v) is 6.19. The Bertz CT molecular complexity index is 1910. The summed E-state index contributed by atoms with van der Waals surface area (Å²) in [5, 5.41) is 11.7. The van der Waals surface area contributed by atoms with Crippen LogP contribution in [-0.2, 0) is 11.2 Å². The lowest BCUT2D eigenvalue weighted by molar-refractivity contribution is -0.145. The number of carbonyl (C=O) groups is 1. The number of aliphatic carboxylic acids is 1. The molecular formula is C36H36Cl2N4O6. The number of methoxy groups -OCH3 is 1. The van der Waals surface area contributed by atoms with E-state index in [9.17, 15) is 9.90 Å². The van der Waals surface area contributed by atoms with Gasteiger partial charge in [-0.15, -0.1) is 0 Å². The molecule has 48 heavy (non-hydrogen) atoms. The molecule has 1 aliphatic rings. The minimum Gasteiger partial charge on any atom is -0.496 e. The summed E-state index contributed by atoms with van der Waals surface area (Å²) in [6.07, 6.45) is 0.0323. The van der Waals surface area contributed by atoms with Crippen molar-refractivity contribution >= 4 is 40.3 Å². The Kier molecular flexibility index (Phi) is 10.4. The number of aromatic nitrogens is 2. The molecule has 0 bridgehead atoms. The minimum absolute atomic E-state index is 0.0348. The van der Waals surface area contributed by atoms with Crippen LogP contribution in [-0.4, -0.2) is 90.4 Å². The van der Waals surface area contributed by atoms with Gasteiger partial charge in [0.15, 0.2) is 0 Å². The van der Waals surface area contributed by atoms with Crippen LogP contribution in [0.5, 0.6) is 17.4 Å². The molecule has 1 aliphatic heterocycles. The van der Waals surface area contributed by atoms with E-state index in [2.05, 4.69) is 26.8 Å². The number of carboxylic acids is 1. The van der Waals surface area contributed by atoms with Crippen molar-refractivity contribution in [3.05, 3.63) is 88.2 Å². The largest absolute Gasteiger partial charge is 0.496 e. The van der Waals surface area contributed by atoms with Gasteiger partial charge in [-0.25, -0.2) is 14.8 Å². The predicted octanol–water partition coefficient (Wildman–Crippen LogP) is 6.88. The third kappa shape index (κ3) is 7.22. The monoisotopic (exact) mass is 690 g/mol. The molecule has 0 spiro atoms. The number of rotatable bonds is 12. The summed E-state index contributed by atoms with van der Waals surface area (Å²) < 4.78 is 24.2. The van der Waals surface area contributed by atoms with Crippen LogP contribution in [0.25, 0.3) is 33.6 Å². The zero-order valence-corrected chi connectivity index (χ0v) is 28.4. The molecule has 10 nitrogen and oxygen atoms in total. The maximum atomic E-state index is 12.5. The first-order valence-electron chi connectivity index (χ1n) is 15.6. The molecule has 6 rings (SSSR count). The molecule has 0 amide bonds. The number of carboxylic acid groups (broad SMARTS) is 1. The number of likely N-dealkylation sites (N-methyl/N-ethyl adjacent to an activating group) is 1. The molecule has 0 unspecified atom stereocenters. The van der Waals surface area contributed by atoms with Crippen molar-refractivity contribution in [1.29, 1.82) is 0 Å². The van der Waals surface area contributed by atoms with Crippen LogP contribution in [0.4, 0.5) is 0 Å². The molecule has 2 aromatic heterocycles. The molecule has 1 saturated heterocycles. The summed E-state index contributed by atoms with van der Waals surface area (Å²) in [5.74, 6) is 0.512. The smallest absolute Gasteiger partial charge is 0.345 e. The predicted molar refractivity (Wildman–Crippen MR) is 186 cm³/mol. The summed E-state index contributed by atoms with van der Waals surface area (Å²) in [4.78, 5) is 26.0. The molecule has 250 valence electrons. The molecule has 0 radical (unpaired) electrons. The standard InChI is InChI=1S/C36H36Cl2N4O6/c1-22-26(12-13-28(32(22)38)46-19-18-42-16-14-41(2)15-17-42)30-31-34(47-29(36(43)44)20-24-6-4-5-7-27(24)45-3)39-21-40-35(31)48-33(30)23-8-10-25(37)11-9-23/h4-13,21,29H,14-20H2,1-3H3,(H,43,44)/t29-/m1/s1. The van der Waals surface area contributed by atoms with Crippen molar-refractivity contribution in [1.82, 2.24) is 19.8 Å². The number of fused-ring (bicyclic) bond motifs is 1. The van der Waals surface area contributed by atoms with Crippen molar-refractivity contribution in [2.45, 2.75) is 19.4 Å². The second-order valence-electron chi connectivity index (χ2n) is 11.7. The number of piperazine rings is 1. The van der Waals surface area contributed by atoms with Crippen molar-refractivity contribution in [2.75, 3.05) is 53.5 Å². The summed E-state index contributed by atoms with van der Waals surface area (Å²) >= 11 is 13.2. The first-order chi connectivity index (χ1) is 23.2. The van der Waals surface area contributed by atoms with Gasteiger partial charge in [0, 0.05) is 55.3 Å². The van der Waals surface area contributed by atoms with Gasteiger partial charge in [0.05, 0.1) is 12.1 Å². The first-order valence-corrected chi connectivity index (χ1v) is 16.4. The maximum absolute atomic E-state index is 12.5. The van der Waals surface area contributed by atoms with Crippen LogP contribution in [0.1, 0.15) is 11.1 Å². The van der Waals surface area contributed by atoms with E-state index in [1.165, 1.54) is 13.4 Å². The third-order valence-electron chi connectivity index (χ3n) is 8.57. The summed E-state index contributed by atoms with van der Waals surface area (Å²) in [6, 6.07) is 18.2. The van der Waals surface area contributed by atoms with Crippen LogP contribution in [0.2, 0.25) is 10.0 Å². The Labute approximate surface area is 288 Å². The Morgan fingerprint density at radius 2 is 1.75 bits per heavy atom. The van der Waals surface area contributed by atoms with Crippen LogP contribution in [0, 0.1) is 6.92 Å². The Morgan fingerprint density at radius 1 is 1.00 bits per heavy atom. The van der Waals surface area contributed by atoms with Gasteiger partial charge in [0.25, 0.3) is 0 Å². The van der Waals surface area contributed by atoms with Crippen LogP contribution in [0.3, 0.4) is 0 Å². The topological polar surface area (TPSA) is 110 Å². The Morgan fingerprint density at radius 3 is 2.48 bits per heavy atom. The van der Waals surface area contributed by atoms with E-state index in [-0.39, 0.29) is 18.0 Å². The molecule has 1 N–H and O–H groups in total. The number of furan rings is 1. The summed E-state index contributed by atoms with van der Waals surface area (Å²) in [7, 11) is 3.67. The zero-order chi connectivity index (χ0) is 33.8. The quantitative estimate of drug-likeness (QED) is 0.149.